The van der Waals surface area contributed by atoms with Gasteiger partial charge < -0.3 is 0 Å². The maximum absolute atomic E-state index is 11.6. The molecule has 0 aliphatic heterocycles. The third kappa shape index (κ3) is 2.26. The zero-order valence-corrected chi connectivity index (χ0v) is 10.5. The molecule has 1 aromatic heterocycles. The molecule has 0 saturated heterocycles. The SMILES string of the molecule is CCS(=O)(=O)c1ccc(-c2cc(C#N)n[nH]2)cc1. The van der Waals surface area contributed by atoms with E-state index in [1.165, 1.54) is 0 Å². The number of nitriles is 1. The van der Waals surface area contributed by atoms with Crippen molar-refractivity contribution < 1.29 is 8.42 Å². The molecule has 1 aromatic carbocycles. The van der Waals surface area contributed by atoms with Crippen LogP contribution >= 0.6 is 0 Å². The molecule has 0 aliphatic carbocycles. The van der Waals surface area contributed by atoms with E-state index in [0.29, 0.717) is 16.3 Å². The van der Waals surface area contributed by atoms with Crippen molar-refractivity contribution in [3.8, 4) is 17.3 Å². The minimum atomic E-state index is -3.17. The van der Waals surface area contributed by atoms with Crippen LogP contribution in [0.15, 0.2) is 35.2 Å². The lowest BCUT2D eigenvalue weighted by atomic mass is 10.1. The van der Waals surface area contributed by atoms with Gasteiger partial charge >= 0.3 is 0 Å². The van der Waals surface area contributed by atoms with Crippen LogP contribution in [0.3, 0.4) is 0 Å². The fraction of sp³-hybridized carbons (Fsp3) is 0.167. The van der Waals surface area contributed by atoms with E-state index < -0.39 is 9.84 Å². The molecule has 0 spiro atoms. The number of rotatable bonds is 3. The second-order valence-corrected chi connectivity index (χ2v) is 5.98. The van der Waals surface area contributed by atoms with Crippen molar-refractivity contribution in [2.45, 2.75) is 11.8 Å². The van der Waals surface area contributed by atoms with Gasteiger partial charge in [-0.2, -0.15) is 10.4 Å². The second-order valence-electron chi connectivity index (χ2n) is 3.71. The van der Waals surface area contributed by atoms with Gasteiger partial charge in [-0.15, -0.1) is 0 Å². The molecule has 92 valence electrons. The summed E-state index contributed by atoms with van der Waals surface area (Å²) in [6, 6.07) is 10.0. The topological polar surface area (TPSA) is 86.6 Å². The van der Waals surface area contributed by atoms with E-state index in [1.807, 2.05) is 6.07 Å². The molecule has 0 atom stereocenters. The van der Waals surface area contributed by atoms with Crippen molar-refractivity contribution in [1.82, 2.24) is 10.2 Å². The lowest BCUT2D eigenvalue weighted by molar-refractivity contribution is 0.597. The van der Waals surface area contributed by atoms with Crippen molar-refractivity contribution in [3.05, 3.63) is 36.0 Å². The van der Waals surface area contributed by atoms with Crippen LogP contribution in [0.2, 0.25) is 0 Å². The van der Waals surface area contributed by atoms with E-state index in [4.69, 9.17) is 5.26 Å². The van der Waals surface area contributed by atoms with E-state index in [2.05, 4.69) is 10.2 Å². The van der Waals surface area contributed by atoms with Gasteiger partial charge in [0.25, 0.3) is 0 Å². The van der Waals surface area contributed by atoms with Gasteiger partial charge in [-0.05, 0) is 17.7 Å². The van der Waals surface area contributed by atoms with Gasteiger partial charge in [-0.25, -0.2) is 8.42 Å². The Morgan fingerprint density at radius 2 is 2.00 bits per heavy atom. The molecule has 0 amide bonds. The standard InChI is InChI=1S/C12H11N3O2S/c1-2-18(16,17)11-5-3-9(4-6-11)12-7-10(8-13)14-15-12/h3-7H,2H2,1H3,(H,14,15). The van der Waals surface area contributed by atoms with Crippen LogP contribution in [-0.2, 0) is 9.84 Å². The van der Waals surface area contributed by atoms with E-state index in [1.54, 1.807) is 37.3 Å². The minimum absolute atomic E-state index is 0.0784. The first-order valence-electron chi connectivity index (χ1n) is 5.35. The summed E-state index contributed by atoms with van der Waals surface area (Å²) in [7, 11) is -3.17. The Labute approximate surface area is 105 Å². The Balaban J connectivity index is 2.37. The molecule has 18 heavy (non-hydrogen) atoms. The van der Waals surface area contributed by atoms with Gasteiger partial charge in [0.2, 0.25) is 0 Å². The maximum atomic E-state index is 11.6. The van der Waals surface area contributed by atoms with Gasteiger partial charge in [0, 0.05) is 6.07 Å². The summed E-state index contributed by atoms with van der Waals surface area (Å²) in [4.78, 5) is 0.300. The molecule has 0 saturated carbocycles. The lowest BCUT2D eigenvalue weighted by Gasteiger charge is -2.02. The summed E-state index contributed by atoms with van der Waals surface area (Å²) in [5.41, 5.74) is 1.78. The highest BCUT2D eigenvalue weighted by atomic mass is 32.2. The van der Waals surface area contributed by atoms with Crippen molar-refractivity contribution >= 4 is 9.84 Å². The largest absolute Gasteiger partial charge is 0.277 e. The van der Waals surface area contributed by atoms with Crippen LogP contribution in [0, 0.1) is 11.3 Å². The fourth-order valence-corrected chi connectivity index (χ4v) is 2.42. The molecule has 0 aliphatic rings. The second kappa shape index (κ2) is 4.63. The number of hydrogen-bond acceptors (Lipinski definition) is 4. The van der Waals surface area contributed by atoms with Crippen LogP contribution < -0.4 is 0 Å². The summed E-state index contributed by atoms with van der Waals surface area (Å²) < 4.78 is 23.3. The number of aromatic amines is 1. The first kappa shape index (κ1) is 12.3. The number of H-pyrrole nitrogens is 1. The number of nitrogens with zero attached hydrogens (tertiary/aromatic N) is 2. The minimum Gasteiger partial charge on any atom is -0.277 e. The molecular weight excluding hydrogens is 250 g/mol. The average Bonchev–Trinajstić information content (AvgIpc) is 2.87. The van der Waals surface area contributed by atoms with E-state index in [-0.39, 0.29) is 5.75 Å². The zero-order chi connectivity index (χ0) is 13.2. The highest BCUT2D eigenvalue weighted by molar-refractivity contribution is 7.91. The maximum Gasteiger partial charge on any atom is 0.178 e. The normalized spacial score (nSPS) is 11.1. The molecule has 1 heterocycles. The summed E-state index contributed by atoms with van der Waals surface area (Å²) in [6.07, 6.45) is 0. The lowest BCUT2D eigenvalue weighted by Crippen LogP contribution is -2.03. The van der Waals surface area contributed by atoms with Gasteiger partial charge in [0.1, 0.15) is 6.07 Å². The summed E-state index contributed by atoms with van der Waals surface area (Å²) in [6.45, 7) is 1.61. The molecule has 2 aromatic rings. The van der Waals surface area contributed by atoms with Gasteiger partial charge in [-0.3, -0.25) is 5.10 Å². The van der Waals surface area contributed by atoms with E-state index >= 15 is 0 Å². The molecule has 2 rings (SSSR count). The number of benzene rings is 1. The average molecular weight is 261 g/mol. The molecular formula is C12H11N3O2S. The monoisotopic (exact) mass is 261 g/mol. The van der Waals surface area contributed by atoms with Gasteiger partial charge in [0.15, 0.2) is 15.5 Å². The van der Waals surface area contributed by atoms with Gasteiger partial charge in [0.05, 0.1) is 16.3 Å². The molecule has 0 bridgehead atoms. The van der Waals surface area contributed by atoms with Crippen LogP contribution in [0.4, 0.5) is 0 Å². The number of aromatic nitrogens is 2. The highest BCUT2D eigenvalue weighted by Gasteiger charge is 2.11. The highest BCUT2D eigenvalue weighted by Crippen LogP contribution is 2.20. The van der Waals surface area contributed by atoms with Crippen LogP contribution in [0.1, 0.15) is 12.6 Å². The van der Waals surface area contributed by atoms with Crippen LogP contribution in [0.5, 0.6) is 0 Å². The molecule has 0 fully saturated rings. The first-order valence-corrected chi connectivity index (χ1v) is 7.01. The predicted octanol–water partition coefficient (Wildman–Crippen LogP) is 1.74. The van der Waals surface area contributed by atoms with Crippen molar-refractivity contribution in [1.29, 1.82) is 5.26 Å². The molecule has 1 N–H and O–H groups in total. The van der Waals surface area contributed by atoms with Crippen molar-refractivity contribution in [2.75, 3.05) is 5.75 Å². The van der Waals surface area contributed by atoms with E-state index in [9.17, 15) is 8.42 Å². The van der Waals surface area contributed by atoms with Crippen molar-refractivity contribution in [2.24, 2.45) is 0 Å². The smallest absolute Gasteiger partial charge is 0.178 e. The first-order chi connectivity index (χ1) is 8.56. The predicted molar refractivity (Wildman–Crippen MR) is 66.5 cm³/mol. The molecule has 0 unspecified atom stereocenters. The Morgan fingerprint density at radius 1 is 1.33 bits per heavy atom. The zero-order valence-electron chi connectivity index (χ0n) is 9.71. The number of hydrogen-bond donors (Lipinski definition) is 1. The van der Waals surface area contributed by atoms with Crippen molar-refractivity contribution in [3.63, 3.8) is 0 Å². The third-order valence-electron chi connectivity index (χ3n) is 2.60. The fourth-order valence-electron chi connectivity index (χ4n) is 1.54. The summed E-state index contributed by atoms with van der Waals surface area (Å²) >= 11 is 0. The van der Waals surface area contributed by atoms with E-state index in [0.717, 1.165) is 5.56 Å². The number of nitrogens with one attached hydrogen (secondary N) is 1. The Morgan fingerprint density at radius 3 is 2.50 bits per heavy atom. The Bertz CT molecular complexity index is 694. The summed E-state index contributed by atoms with van der Waals surface area (Å²) in [5.74, 6) is 0.0784. The quantitative estimate of drug-likeness (QED) is 0.911. The molecule has 0 radical (unpaired) electrons. The Hall–Kier alpha value is -2.13. The van der Waals surface area contributed by atoms with Crippen LogP contribution in [-0.4, -0.2) is 24.4 Å². The Kier molecular flexibility index (Phi) is 3.17. The third-order valence-corrected chi connectivity index (χ3v) is 4.35. The van der Waals surface area contributed by atoms with Crippen LogP contribution in [0.25, 0.3) is 11.3 Å². The van der Waals surface area contributed by atoms with Gasteiger partial charge in [-0.1, -0.05) is 19.1 Å². The summed E-state index contributed by atoms with van der Waals surface area (Å²) in [5, 5.41) is 15.2. The molecule has 5 nitrogen and oxygen atoms in total. The molecule has 6 heteroatoms. The number of sulfone groups is 1.